The SMILES string of the molecule is CC(C)(C)OC(=O)N(CC/C=C/c1ccccc1)C(=O)OC(C)(C)C. The van der Waals surface area contributed by atoms with E-state index in [0.29, 0.717) is 6.42 Å². The zero-order valence-corrected chi connectivity index (χ0v) is 16.0. The van der Waals surface area contributed by atoms with Crippen molar-refractivity contribution in [2.75, 3.05) is 6.54 Å². The number of imide groups is 1. The van der Waals surface area contributed by atoms with Gasteiger partial charge in [0.1, 0.15) is 11.2 Å². The van der Waals surface area contributed by atoms with Gasteiger partial charge in [-0.1, -0.05) is 42.5 Å². The van der Waals surface area contributed by atoms with Crippen molar-refractivity contribution in [3.63, 3.8) is 0 Å². The number of hydrogen-bond acceptors (Lipinski definition) is 4. The Morgan fingerprint density at radius 2 is 1.40 bits per heavy atom. The van der Waals surface area contributed by atoms with Crippen molar-refractivity contribution in [3.05, 3.63) is 42.0 Å². The zero-order valence-electron chi connectivity index (χ0n) is 16.0. The number of ether oxygens (including phenoxy) is 2. The average Bonchev–Trinajstić information content (AvgIpc) is 2.44. The lowest BCUT2D eigenvalue weighted by atomic mass is 10.2. The summed E-state index contributed by atoms with van der Waals surface area (Å²) in [5, 5.41) is 0. The molecule has 0 aliphatic heterocycles. The molecular weight excluding hydrogens is 318 g/mol. The fourth-order valence-electron chi connectivity index (χ4n) is 1.88. The Hall–Kier alpha value is -2.30. The molecule has 25 heavy (non-hydrogen) atoms. The highest BCUT2D eigenvalue weighted by Crippen LogP contribution is 2.15. The molecule has 0 atom stereocenters. The third kappa shape index (κ3) is 8.94. The van der Waals surface area contributed by atoms with Crippen molar-refractivity contribution >= 4 is 18.3 Å². The van der Waals surface area contributed by atoms with Crippen molar-refractivity contribution in [3.8, 4) is 0 Å². The van der Waals surface area contributed by atoms with E-state index >= 15 is 0 Å². The molecule has 0 saturated heterocycles. The number of hydrogen-bond donors (Lipinski definition) is 0. The Morgan fingerprint density at radius 3 is 1.84 bits per heavy atom. The maximum Gasteiger partial charge on any atom is 0.419 e. The molecule has 1 aromatic carbocycles. The topological polar surface area (TPSA) is 55.8 Å². The third-order valence-corrected chi connectivity index (χ3v) is 2.86. The second kappa shape index (κ2) is 8.70. The summed E-state index contributed by atoms with van der Waals surface area (Å²) < 4.78 is 10.6. The third-order valence-electron chi connectivity index (χ3n) is 2.86. The molecule has 0 fully saturated rings. The molecule has 0 aliphatic rings. The van der Waals surface area contributed by atoms with Crippen LogP contribution >= 0.6 is 0 Å². The second-order valence-corrected chi connectivity index (χ2v) is 7.71. The van der Waals surface area contributed by atoms with Crippen LogP contribution in [0.5, 0.6) is 0 Å². The summed E-state index contributed by atoms with van der Waals surface area (Å²) in [7, 11) is 0. The van der Waals surface area contributed by atoms with Crippen LogP contribution in [0.3, 0.4) is 0 Å². The van der Waals surface area contributed by atoms with Gasteiger partial charge in [-0.25, -0.2) is 14.5 Å². The van der Waals surface area contributed by atoms with Gasteiger partial charge in [0, 0.05) is 6.54 Å². The molecule has 0 spiro atoms. The summed E-state index contributed by atoms with van der Waals surface area (Å²) in [4.78, 5) is 25.7. The molecule has 0 N–H and O–H groups in total. The summed E-state index contributed by atoms with van der Waals surface area (Å²) in [6.45, 7) is 10.7. The van der Waals surface area contributed by atoms with Crippen molar-refractivity contribution in [1.82, 2.24) is 4.90 Å². The number of rotatable bonds is 4. The van der Waals surface area contributed by atoms with Crippen LogP contribution in [0, 0.1) is 0 Å². The molecule has 0 saturated carbocycles. The number of amides is 2. The van der Waals surface area contributed by atoms with Crippen LogP contribution in [0.15, 0.2) is 36.4 Å². The molecular formula is C20H29NO4. The lowest BCUT2D eigenvalue weighted by Gasteiger charge is -2.28. The first-order valence-corrected chi connectivity index (χ1v) is 8.43. The van der Waals surface area contributed by atoms with E-state index in [-0.39, 0.29) is 6.54 Å². The Bertz CT molecular complexity index is 566. The number of carbonyl (C=O) groups is 2. The maximum absolute atomic E-state index is 12.3. The predicted molar refractivity (Wildman–Crippen MR) is 99.3 cm³/mol. The van der Waals surface area contributed by atoms with Crippen LogP contribution in [0.4, 0.5) is 9.59 Å². The Morgan fingerprint density at radius 1 is 0.920 bits per heavy atom. The minimum atomic E-state index is -0.699. The first-order valence-electron chi connectivity index (χ1n) is 8.43. The van der Waals surface area contributed by atoms with E-state index in [9.17, 15) is 9.59 Å². The standard InChI is InChI=1S/C20H29NO4/c1-19(2,3)24-17(22)21(18(23)25-20(4,5)6)15-11-10-14-16-12-8-7-9-13-16/h7-10,12-14H,11,15H2,1-6H3/b14-10+. The first-order chi connectivity index (χ1) is 11.5. The molecule has 0 bridgehead atoms. The fourth-order valence-corrected chi connectivity index (χ4v) is 1.88. The lowest BCUT2D eigenvalue weighted by molar-refractivity contribution is 0.00183. The van der Waals surface area contributed by atoms with Gasteiger partial charge in [-0.2, -0.15) is 0 Å². The molecule has 2 amide bonds. The second-order valence-electron chi connectivity index (χ2n) is 7.71. The highest BCUT2D eigenvalue weighted by atomic mass is 16.6. The van der Waals surface area contributed by atoms with Crippen LogP contribution in [0.25, 0.3) is 6.08 Å². The van der Waals surface area contributed by atoms with E-state index in [0.717, 1.165) is 10.5 Å². The summed E-state index contributed by atoms with van der Waals surface area (Å²) in [6, 6.07) is 9.82. The molecule has 0 aromatic heterocycles. The number of carbonyl (C=O) groups excluding carboxylic acids is 2. The molecule has 1 aromatic rings. The molecule has 0 heterocycles. The molecule has 138 valence electrons. The fraction of sp³-hybridized carbons (Fsp3) is 0.500. The van der Waals surface area contributed by atoms with Crippen LogP contribution in [-0.2, 0) is 9.47 Å². The summed E-state index contributed by atoms with van der Waals surface area (Å²) in [5.41, 5.74) is -0.308. The van der Waals surface area contributed by atoms with Crippen LogP contribution in [0.1, 0.15) is 53.5 Å². The number of nitrogens with zero attached hydrogens (tertiary/aromatic N) is 1. The van der Waals surface area contributed by atoms with E-state index in [4.69, 9.17) is 9.47 Å². The van der Waals surface area contributed by atoms with Gasteiger partial charge in [0.15, 0.2) is 0 Å². The Kier molecular flexibility index (Phi) is 7.22. The largest absolute Gasteiger partial charge is 0.443 e. The van der Waals surface area contributed by atoms with Crippen molar-refractivity contribution in [2.45, 2.75) is 59.2 Å². The predicted octanol–water partition coefficient (Wildman–Crippen LogP) is 5.26. The summed E-state index contributed by atoms with van der Waals surface area (Å²) in [5.74, 6) is 0. The van der Waals surface area contributed by atoms with Gasteiger partial charge in [-0.05, 0) is 53.5 Å². The maximum atomic E-state index is 12.3. The highest BCUT2D eigenvalue weighted by molar-refractivity contribution is 5.88. The Labute approximate surface area is 150 Å². The first kappa shape index (κ1) is 20.7. The van der Waals surface area contributed by atoms with Gasteiger partial charge in [-0.15, -0.1) is 0 Å². The zero-order chi connectivity index (χ0) is 19.1. The van der Waals surface area contributed by atoms with E-state index in [1.165, 1.54) is 0 Å². The summed E-state index contributed by atoms with van der Waals surface area (Å²) >= 11 is 0. The van der Waals surface area contributed by atoms with Crippen LogP contribution in [-0.4, -0.2) is 34.8 Å². The average molecular weight is 347 g/mol. The normalized spacial score (nSPS) is 12.1. The highest BCUT2D eigenvalue weighted by Gasteiger charge is 2.30. The summed E-state index contributed by atoms with van der Waals surface area (Å²) in [6.07, 6.45) is 2.97. The van der Waals surface area contributed by atoms with Crippen LogP contribution < -0.4 is 0 Å². The van der Waals surface area contributed by atoms with Crippen LogP contribution in [0.2, 0.25) is 0 Å². The van der Waals surface area contributed by atoms with Gasteiger partial charge < -0.3 is 9.47 Å². The van der Waals surface area contributed by atoms with Crippen molar-refractivity contribution in [1.29, 1.82) is 0 Å². The van der Waals surface area contributed by atoms with Crippen molar-refractivity contribution < 1.29 is 19.1 Å². The van der Waals surface area contributed by atoms with Gasteiger partial charge in [-0.3, -0.25) is 0 Å². The smallest absolute Gasteiger partial charge is 0.419 e. The van der Waals surface area contributed by atoms with Crippen molar-refractivity contribution in [2.24, 2.45) is 0 Å². The number of benzene rings is 1. The molecule has 1 rings (SSSR count). The van der Waals surface area contributed by atoms with Gasteiger partial charge in [0.05, 0.1) is 0 Å². The minimum absolute atomic E-state index is 0.188. The van der Waals surface area contributed by atoms with E-state index in [2.05, 4.69) is 0 Å². The van der Waals surface area contributed by atoms with E-state index < -0.39 is 23.4 Å². The minimum Gasteiger partial charge on any atom is -0.443 e. The molecule has 0 aliphatic carbocycles. The monoisotopic (exact) mass is 347 g/mol. The molecule has 5 nitrogen and oxygen atoms in total. The Balaban J connectivity index is 2.75. The molecule has 0 radical (unpaired) electrons. The van der Waals surface area contributed by atoms with Gasteiger partial charge >= 0.3 is 12.2 Å². The quantitative estimate of drug-likeness (QED) is 0.745. The van der Waals surface area contributed by atoms with Gasteiger partial charge in [0.25, 0.3) is 0 Å². The molecule has 5 heteroatoms. The lowest BCUT2D eigenvalue weighted by Crippen LogP contribution is -2.43. The van der Waals surface area contributed by atoms with E-state index in [1.54, 1.807) is 41.5 Å². The molecule has 0 unspecified atom stereocenters. The van der Waals surface area contributed by atoms with E-state index in [1.807, 2.05) is 42.5 Å². The van der Waals surface area contributed by atoms with Gasteiger partial charge in [0.2, 0.25) is 0 Å².